The van der Waals surface area contributed by atoms with Crippen LogP contribution in [0.25, 0.3) is 0 Å². The Balaban J connectivity index is 1.89. The molecule has 0 saturated heterocycles. The van der Waals surface area contributed by atoms with E-state index in [1.807, 2.05) is 0 Å². The summed E-state index contributed by atoms with van der Waals surface area (Å²) in [7, 11) is 3.09. The Bertz CT molecular complexity index is 979. The van der Waals surface area contributed by atoms with Crippen LogP contribution in [0.3, 0.4) is 0 Å². The number of nitrogens with zero attached hydrogens (tertiary/aromatic N) is 3. The fourth-order valence-electron chi connectivity index (χ4n) is 2.73. The zero-order valence-electron chi connectivity index (χ0n) is 15.7. The minimum Gasteiger partial charge on any atom is -0.755 e. The number of benzene rings is 3. The molecule has 3 rings (SSSR count). The van der Waals surface area contributed by atoms with E-state index < -0.39 is 11.3 Å². The third-order valence-electron chi connectivity index (χ3n) is 4.18. The molecule has 1 unspecified atom stereocenters. The van der Waals surface area contributed by atoms with Gasteiger partial charge in [0.05, 0.1) is 53.5 Å². The SMILES string of the molecule is COc1ccc(N(N=O)c2ccc(N(c3ccc(OC)cc3)S(=O)[O-])cc2)cc1. The molecule has 0 aromatic heterocycles. The second kappa shape index (κ2) is 9.18. The maximum atomic E-state index is 11.8. The van der Waals surface area contributed by atoms with Gasteiger partial charge in [-0.2, -0.15) is 5.01 Å². The molecule has 1 atom stereocenters. The van der Waals surface area contributed by atoms with E-state index in [0.29, 0.717) is 34.2 Å². The topological polar surface area (TPSA) is 94.5 Å². The van der Waals surface area contributed by atoms with E-state index in [9.17, 15) is 13.7 Å². The summed E-state index contributed by atoms with van der Waals surface area (Å²) in [5, 5.41) is 4.27. The molecule has 0 N–H and O–H groups in total. The predicted octanol–water partition coefficient (Wildman–Crippen LogP) is 4.46. The minimum absolute atomic E-state index is 0.410. The van der Waals surface area contributed by atoms with Crippen molar-refractivity contribution in [1.29, 1.82) is 0 Å². The maximum absolute atomic E-state index is 11.8. The lowest BCUT2D eigenvalue weighted by atomic mass is 10.2. The molecule has 0 aliphatic carbocycles. The lowest BCUT2D eigenvalue weighted by Gasteiger charge is -2.27. The van der Waals surface area contributed by atoms with Crippen molar-refractivity contribution in [2.45, 2.75) is 0 Å². The van der Waals surface area contributed by atoms with Gasteiger partial charge >= 0.3 is 0 Å². The first-order valence-electron chi connectivity index (χ1n) is 8.48. The van der Waals surface area contributed by atoms with Crippen molar-refractivity contribution in [2.24, 2.45) is 5.29 Å². The van der Waals surface area contributed by atoms with Crippen LogP contribution in [0.1, 0.15) is 0 Å². The van der Waals surface area contributed by atoms with Crippen molar-refractivity contribution in [3.8, 4) is 11.5 Å². The highest BCUT2D eigenvalue weighted by molar-refractivity contribution is 7.81. The van der Waals surface area contributed by atoms with Gasteiger partial charge in [0.1, 0.15) is 11.5 Å². The normalized spacial score (nSPS) is 11.4. The Hall–Kier alpha value is -3.43. The summed E-state index contributed by atoms with van der Waals surface area (Å²) in [6.07, 6.45) is 0. The fourth-order valence-corrected chi connectivity index (χ4v) is 3.32. The molecule has 150 valence electrons. The van der Waals surface area contributed by atoms with Crippen LogP contribution in [0.5, 0.6) is 11.5 Å². The number of hydrogen-bond acceptors (Lipinski definition) is 6. The van der Waals surface area contributed by atoms with Gasteiger partial charge < -0.3 is 14.0 Å². The average molecular weight is 412 g/mol. The number of methoxy groups -OCH3 is 2. The summed E-state index contributed by atoms with van der Waals surface area (Å²) >= 11 is -2.54. The summed E-state index contributed by atoms with van der Waals surface area (Å²) in [6.45, 7) is 0. The number of hydrogen-bond donors (Lipinski definition) is 0. The van der Waals surface area contributed by atoms with Crippen LogP contribution in [0.4, 0.5) is 22.7 Å². The van der Waals surface area contributed by atoms with Crippen LogP contribution in [0.2, 0.25) is 0 Å². The lowest BCUT2D eigenvalue weighted by molar-refractivity contribution is 0.414. The van der Waals surface area contributed by atoms with Crippen molar-refractivity contribution >= 4 is 34.0 Å². The molecular weight excluding hydrogens is 394 g/mol. The Kier molecular flexibility index (Phi) is 6.43. The van der Waals surface area contributed by atoms with Gasteiger partial charge in [-0.15, -0.1) is 4.91 Å². The number of rotatable bonds is 8. The van der Waals surface area contributed by atoms with Gasteiger partial charge in [-0.1, -0.05) is 0 Å². The molecule has 0 aliphatic heterocycles. The molecule has 0 fully saturated rings. The molecule has 0 heterocycles. The zero-order valence-corrected chi connectivity index (χ0v) is 16.5. The summed E-state index contributed by atoms with van der Waals surface area (Å²) in [6, 6.07) is 19.9. The van der Waals surface area contributed by atoms with Crippen molar-refractivity contribution in [3.63, 3.8) is 0 Å². The van der Waals surface area contributed by atoms with E-state index in [0.717, 1.165) is 4.31 Å². The van der Waals surface area contributed by atoms with Gasteiger partial charge in [-0.25, -0.2) is 0 Å². The van der Waals surface area contributed by atoms with Crippen molar-refractivity contribution in [1.82, 2.24) is 0 Å². The van der Waals surface area contributed by atoms with Crippen molar-refractivity contribution in [2.75, 3.05) is 23.5 Å². The average Bonchev–Trinajstić information content (AvgIpc) is 2.76. The van der Waals surface area contributed by atoms with Crippen LogP contribution < -0.4 is 18.8 Å². The van der Waals surface area contributed by atoms with Crippen LogP contribution in [0, 0.1) is 4.91 Å². The molecule has 29 heavy (non-hydrogen) atoms. The zero-order chi connectivity index (χ0) is 20.8. The molecule has 0 saturated carbocycles. The van der Waals surface area contributed by atoms with Gasteiger partial charge in [0.15, 0.2) is 0 Å². The van der Waals surface area contributed by atoms with Crippen molar-refractivity contribution in [3.05, 3.63) is 77.7 Å². The predicted molar refractivity (Wildman–Crippen MR) is 111 cm³/mol. The minimum atomic E-state index is -2.54. The summed E-state index contributed by atoms with van der Waals surface area (Å²) in [5.74, 6) is 1.27. The Morgan fingerprint density at radius 2 is 1.07 bits per heavy atom. The first-order chi connectivity index (χ1) is 14.1. The molecule has 0 bridgehead atoms. The van der Waals surface area contributed by atoms with Gasteiger partial charge in [-0.3, -0.25) is 8.51 Å². The lowest BCUT2D eigenvalue weighted by Crippen LogP contribution is -2.19. The fraction of sp³-hybridized carbons (Fsp3) is 0.100. The molecule has 3 aromatic rings. The monoisotopic (exact) mass is 412 g/mol. The standard InChI is InChI=1S/C20H19N3O5S/c1-27-19-11-7-16(8-12-19)22(21-24)15-3-5-17(6-4-15)23(29(25)26)18-9-13-20(28-2)14-10-18/h3-14H,1-2H3,(H,25,26)/p-1. The van der Waals surface area contributed by atoms with Crippen LogP contribution in [-0.4, -0.2) is 23.0 Å². The quantitative estimate of drug-likeness (QED) is 0.308. The summed E-state index contributed by atoms with van der Waals surface area (Å²) in [5.41, 5.74) is 1.90. The third kappa shape index (κ3) is 4.53. The van der Waals surface area contributed by atoms with E-state index in [2.05, 4.69) is 5.29 Å². The smallest absolute Gasteiger partial charge is 0.119 e. The van der Waals surface area contributed by atoms with Crippen LogP contribution in [0.15, 0.2) is 78.1 Å². The van der Waals surface area contributed by atoms with Gasteiger partial charge in [0.2, 0.25) is 0 Å². The second-order valence-electron chi connectivity index (χ2n) is 5.82. The molecule has 8 nitrogen and oxygen atoms in total. The first-order valence-corrected chi connectivity index (χ1v) is 9.51. The van der Waals surface area contributed by atoms with E-state index in [1.54, 1.807) is 79.9 Å². The largest absolute Gasteiger partial charge is 0.755 e. The molecule has 0 spiro atoms. The molecule has 0 amide bonds. The van der Waals surface area contributed by atoms with E-state index in [4.69, 9.17) is 9.47 Å². The van der Waals surface area contributed by atoms with Crippen LogP contribution in [-0.2, 0) is 11.3 Å². The van der Waals surface area contributed by atoms with E-state index >= 15 is 0 Å². The van der Waals surface area contributed by atoms with E-state index in [1.165, 1.54) is 12.1 Å². The summed E-state index contributed by atoms with van der Waals surface area (Å²) < 4.78 is 35.0. The number of ether oxygens (including phenoxy) is 2. The number of anilines is 4. The van der Waals surface area contributed by atoms with Gasteiger partial charge in [0.25, 0.3) is 0 Å². The van der Waals surface area contributed by atoms with Crippen LogP contribution >= 0.6 is 0 Å². The third-order valence-corrected chi connectivity index (χ3v) is 4.90. The highest BCUT2D eigenvalue weighted by Gasteiger charge is 2.14. The molecule has 0 aliphatic rings. The summed E-state index contributed by atoms with van der Waals surface area (Å²) in [4.78, 5) is 11.4. The molecular formula is C20H18N3O5S-. The Morgan fingerprint density at radius 1 is 0.724 bits per heavy atom. The maximum Gasteiger partial charge on any atom is 0.119 e. The van der Waals surface area contributed by atoms with Crippen molar-refractivity contribution < 1.29 is 18.2 Å². The Morgan fingerprint density at radius 3 is 1.41 bits per heavy atom. The Labute approximate surface area is 170 Å². The highest BCUT2D eigenvalue weighted by Crippen LogP contribution is 2.32. The molecule has 9 heteroatoms. The highest BCUT2D eigenvalue weighted by atomic mass is 32.2. The van der Waals surface area contributed by atoms with Gasteiger partial charge in [0, 0.05) is 0 Å². The second-order valence-corrected chi connectivity index (χ2v) is 6.62. The van der Waals surface area contributed by atoms with Gasteiger partial charge in [-0.05, 0) is 72.8 Å². The molecule has 3 aromatic carbocycles. The van der Waals surface area contributed by atoms with E-state index in [-0.39, 0.29) is 0 Å². The molecule has 0 radical (unpaired) electrons. The first kappa shape index (κ1) is 20.3. The number of nitroso groups, excluding NO2 is 1.